The fourth-order valence-corrected chi connectivity index (χ4v) is 4.18. The van der Waals surface area contributed by atoms with Crippen LogP contribution in [0.4, 0.5) is 0 Å². The quantitative estimate of drug-likeness (QED) is 0.246. The first-order chi connectivity index (χ1) is 14.6. The van der Waals surface area contributed by atoms with Gasteiger partial charge in [-0.25, -0.2) is 0 Å². The van der Waals surface area contributed by atoms with Crippen molar-refractivity contribution in [3.8, 4) is 0 Å². The van der Waals surface area contributed by atoms with Gasteiger partial charge in [0.2, 0.25) is 5.78 Å². The number of hydrogen-bond donors (Lipinski definition) is 0. The van der Waals surface area contributed by atoms with Crippen LogP contribution in [0.3, 0.4) is 0 Å². The number of rotatable bonds is 8. The topological polar surface area (TPSA) is 78.5 Å². The minimum Gasteiger partial charge on any atom is -0.385 e. The van der Waals surface area contributed by atoms with Crippen LogP contribution in [-0.4, -0.2) is 44.4 Å². The minimum atomic E-state index is -0.103. The summed E-state index contributed by atoms with van der Waals surface area (Å²) in [5.74, 6) is 0.732. The highest BCUT2D eigenvalue weighted by Crippen LogP contribution is 2.22. The lowest BCUT2D eigenvalue weighted by atomic mass is 10.1. The van der Waals surface area contributed by atoms with Crippen LogP contribution in [0.1, 0.15) is 22.3 Å². The van der Waals surface area contributed by atoms with Gasteiger partial charge in [-0.2, -0.15) is 0 Å². The number of thioether (sulfide) groups is 1. The van der Waals surface area contributed by atoms with Crippen molar-refractivity contribution in [3.63, 3.8) is 0 Å². The van der Waals surface area contributed by atoms with E-state index in [9.17, 15) is 9.59 Å². The molecule has 0 saturated carbocycles. The van der Waals surface area contributed by atoms with Gasteiger partial charge in [-0.05, 0) is 25.5 Å². The van der Waals surface area contributed by atoms with Crippen molar-refractivity contribution in [3.05, 3.63) is 70.0 Å². The second kappa shape index (κ2) is 8.81. The molecule has 154 valence electrons. The number of methoxy groups -OCH3 is 1. The molecule has 0 saturated heterocycles. The molecule has 0 aliphatic rings. The summed E-state index contributed by atoms with van der Waals surface area (Å²) in [6.45, 7) is 3.01. The van der Waals surface area contributed by atoms with Crippen LogP contribution in [-0.2, 0) is 11.3 Å². The normalized spacial score (nSPS) is 11.4. The number of carbonyl (C=O) groups excluding carboxylic acids is 1. The first kappa shape index (κ1) is 20.3. The zero-order valence-electron chi connectivity index (χ0n) is 16.9. The molecule has 0 fully saturated rings. The lowest BCUT2D eigenvalue weighted by Gasteiger charge is -2.11. The number of ketones is 1. The molecule has 0 aliphatic heterocycles. The Kier molecular flexibility index (Phi) is 5.96. The molecule has 30 heavy (non-hydrogen) atoms. The van der Waals surface area contributed by atoms with Crippen molar-refractivity contribution in [2.75, 3.05) is 19.5 Å². The van der Waals surface area contributed by atoms with E-state index in [1.807, 2.05) is 53.8 Å². The zero-order valence-corrected chi connectivity index (χ0v) is 17.7. The van der Waals surface area contributed by atoms with E-state index in [0.29, 0.717) is 41.5 Å². The van der Waals surface area contributed by atoms with Crippen molar-refractivity contribution in [2.45, 2.75) is 25.0 Å². The molecule has 4 aromatic rings. The Morgan fingerprint density at radius 1 is 1.10 bits per heavy atom. The summed E-state index contributed by atoms with van der Waals surface area (Å²) >= 11 is 1.32. The maximum atomic E-state index is 13.0. The standard InChI is InChI=1S/C22H22N4O3S/c1-15-8-10-16(11-9-15)19(27)14-30-22-24-23-21-25(12-5-13-29-2)20(28)17-6-3-4-7-18(17)26(21)22/h3-4,6-11H,5,12-14H2,1-2H3. The van der Waals surface area contributed by atoms with E-state index in [1.54, 1.807) is 17.7 Å². The summed E-state index contributed by atoms with van der Waals surface area (Å²) < 4.78 is 8.61. The molecule has 7 nitrogen and oxygen atoms in total. The molecule has 8 heteroatoms. The Hall–Kier alpha value is -2.97. The Balaban J connectivity index is 1.71. The van der Waals surface area contributed by atoms with E-state index >= 15 is 0 Å². The van der Waals surface area contributed by atoms with Gasteiger partial charge in [0.05, 0.1) is 16.7 Å². The molecule has 4 rings (SSSR count). The van der Waals surface area contributed by atoms with Crippen molar-refractivity contribution >= 4 is 34.2 Å². The number of aromatic nitrogens is 4. The zero-order chi connectivity index (χ0) is 21.1. The molecular weight excluding hydrogens is 400 g/mol. The third-order valence-electron chi connectivity index (χ3n) is 4.91. The number of nitrogens with zero attached hydrogens (tertiary/aromatic N) is 4. The fraction of sp³-hybridized carbons (Fsp3) is 0.273. The van der Waals surface area contributed by atoms with Crippen LogP contribution in [0.25, 0.3) is 16.7 Å². The largest absolute Gasteiger partial charge is 0.385 e. The fourth-order valence-electron chi connectivity index (χ4n) is 3.35. The second-order valence-electron chi connectivity index (χ2n) is 7.02. The predicted octanol–water partition coefficient (Wildman–Crippen LogP) is 3.36. The van der Waals surface area contributed by atoms with Crippen molar-refractivity contribution in [1.82, 2.24) is 19.2 Å². The Morgan fingerprint density at radius 3 is 2.63 bits per heavy atom. The van der Waals surface area contributed by atoms with Gasteiger partial charge in [0.1, 0.15) is 0 Å². The molecule has 0 spiro atoms. The molecule has 0 aliphatic carbocycles. The summed E-state index contributed by atoms with van der Waals surface area (Å²) in [7, 11) is 1.63. The lowest BCUT2D eigenvalue weighted by molar-refractivity contribution is 0.102. The average Bonchev–Trinajstić information content (AvgIpc) is 3.19. The van der Waals surface area contributed by atoms with Gasteiger partial charge in [0.15, 0.2) is 10.9 Å². The van der Waals surface area contributed by atoms with Gasteiger partial charge in [0.25, 0.3) is 5.56 Å². The molecule has 0 radical (unpaired) electrons. The maximum absolute atomic E-state index is 13.0. The molecule has 2 aromatic carbocycles. The summed E-state index contributed by atoms with van der Waals surface area (Å²) in [6, 6.07) is 14.9. The van der Waals surface area contributed by atoms with E-state index in [2.05, 4.69) is 10.2 Å². The molecule has 0 unspecified atom stereocenters. The molecule has 0 bridgehead atoms. The highest BCUT2D eigenvalue weighted by molar-refractivity contribution is 7.99. The van der Waals surface area contributed by atoms with Crippen LogP contribution < -0.4 is 5.56 Å². The van der Waals surface area contributed by atoms with Crippen molar-refractivity contribution in [2.24, 2.45) is 0 Å². The van der Waals surface area contributed by atoms with Crippen LogP contribution in [0.2, 0.25) is 0 Å². The van der Waals surface area contributed by atoms with E-state index in [4.69, 9.17) is 4.74 Å². The summed E-state index contributed by atoms with van der Waals surface area (Å²) in [5, 5.41) is 9.74. The number of para-hydroxylation sites is 1. The number of benzene rings is 2. The van der Waals surface area contributed by atoms with Gasteiger partial charge in [-0.3, -0.25) is 18.6 Å². The lowest BCUT2D eigenvalue weighted by Crippen LogP contribution is -2.24. The van der Waals surface area contributed by atoms with Crippen LogP contribution in [0.15, 0.2) is 58.5 Å². The number of ether oxygens (including phenoxy) is 1. The molecule has 0 amide bonds. The number of fused-ring (bicyclic) bond motifs is 3. The number of aryl methyl sites for hydroxylation is 2. The van der Waals surface area contributed by atoms with Crippen LogP contribution >= 0.6 is 11.8 Å². The van der Waals surface area contributed by atoms with Crippen molar-refractivity contribution < 1.29 is 9.53 Å². The predicted molar refractivity (Wildman–Crippen MR) is 117 cm³/mol. The second-order valence-corrected chi connectivity index (χ2v) is 7.96. The summed E-state index contributed by atoms with van der Waals surface area (Å²) in [5.41, 5.74) is 2.41. The molecule has 2 aromatic heterocycles. The first-order valence-corrected chi connectivity index (χ1v) is 10.7. The molecule has 2 heterocycles. The van der Waals surface area contributed by atoms with Gasteiger partial charge < -0.3 is 4.74 Å². The smallest absolute Gasteiger partial charge is 0.262 e. The van der Waals surface area contributed by atoms with E-state index in [-0.39, 0.29) is 17.1 Å². The highest BCUT2D eigenvalue weighted by atomic mass is 32.2. The number of hydrogen-bond acceptors (Lipinski definition) is 6. The van der Waals surface area contributed by atoms with Gasteiger partial charge in [-0.1, -0.05) is 53.7 Å². The van der Waals surface area contributed by atoms with Gasteiger partial charge >= 0.3 is 0 Å². The third kappa shape index (κ3) is 3.88. The first-order valence-electron chi connectivity index (χ1n) is 9.68. The maximum Gasteiger partial charge on any atom is 0.262 e. The van der Waals surface area contributed by atoms with Gasteiger partial charge in [0, 0.05) is 25.8 Å². The third-order valence-corrected chi connectivity index (χ3v) is 5.84. The summed E-state index contributed by atoms with van der Waals surface area (Å²) in [6.07, 6.45) is 0.686. The summed E-state index contributed by atoms with van der Waals surface area (Å²) in [4.78, 5) is 25.6. The SMILES string of the molecule is COCCCn1c(=O)c2ccccc2n2c(SCC(=O)c3ccc(C)cc3)nnc12. The van der Waals surface area contributed by atoms with Crippen LogP contribution in [0, 0.1) is 6.92 Å². The van der Waals surface area contributed by atoms with Crippen LogP contribution in [0.5, 0.6) is 0 Å². The Labute approximate surface area is 177 Å². The Bertz CT molecular complexity index is 1260. The Morgan fingerprint density at radius 2 is 1.87 bits per heavy atom. The van der Waals surface area contributed by atoms with E-state index in [0.717, 1.165) is 11.1 Å². The minimum absolute atomic E-state index is 0.0227. The number of Topliss-reactive ketones (excluding diaryl/α,β-unsaturated/α-hetero) is 1. The molecular formula is C22H22N4O3S. The average molecular weight is 423 g/mol. The molecule has 0 N–H and O–H groups in total. The monoisotopic (exact) mass is 422 g/mol. The van der Waals surface area contributed by atoms with Gasteiger partial charge in [-0.15, -0.1) is 10.2 Å². The van der Waals surface area contributed by atoms with E-state index in [1.165, 1.54) is 11.8 Å². The van der Waals surface area contributed by atoms with E-state index < -0.39 is 0 Å². The number of carbonyl (C=O) groups is 1. The highest BCUT2D eigenvalue weighted by Gasteiger charge is 2.17. The molecule has 0 atom stereocenters. The van der Waals surface area contributed by atoms with Crippen molar-refractivity contribution in [1.29, 1.82) is 0 Å².